The van der Waals surface area contributed by atoms with Crippen LogP contribution in [0.2, 0.25) is 0 Å². The van der Waals surface area contributed by atoms with Crippen LogP contribution >= 0.6 is 0 Å². The summed E-state index contributed by atoms with van der Waals surface area (Å²) in [6.45, 7) is 0.204. The molecule has 3 aromatic rings. The van der Waals surface area contributed by atoms with Crippen LogP contribution < -0.4 is 0 Å². The number of benzene rings is 2. The lowest BCUT2D eigenvalue weighted by Crippen LogP contribution is -2.07. The summed E-state index contributed by atoms with van der Waals surface area (Å²) in [7, 11) is 0. The van der Waals surface area contributed by atoms with Crippen molar-refractivity contribution in [2.24, 2.45) is 0 Å². The molecule has 5 heteroatoms. The summed E-state index contributed by atoms with van der Waals surface area (Å²) < 4.78 is 28.5. The van der Waals surface area contributed by atoms with Gasteiger partial charge in [-0.05, 0) is 5.56 Å². The molecule has 0 amide bonds. The SMILES string of the molecule is OCCn1c(Cc2ccccc2)nc2cc(F)c(F)cc21. The fourth-order valence-electron chi connectivity index (χ4n) is 2.43. The molecule has 1 aromatic heterocycles. The van der Waals surface area contributed by atoms with Crippen LogP contribution in [-0.4, -0.2) is 21.3 Å². The molecule has 108 valence electrons. The van der Waals surface area contributed by atoms with Gasteiger partial charge < -0.3 is 9.67 Å². The minimum atomic E-state index is -0.914. The Hall–Kier alpha value is -2.27. The van der Waals surface area contributed by atoms with E-state index >= 15 is 0 Å². The minimum absolute atomic E-state index is 0.0910. The second-order valence-corrected chi connectivity index (χ2v) is 4.82. The molecule has 0 unspecified atom stereocenters. The monoisotopic (exact) mass is 288 g/mol. The van der Waals surface area contributed by atoms with Gasteiger partial charge in [-0.25, -0.2) is 13.8 Å². The fraction of sp³-hybridized carbons (Fsp3) is 0.188. The molecule has 2 aromatic carbocycles. The molecule has 3 nitrogen and oxygen atoms in total. The van der Waals surface area contributed by atoms with E-state index in [0.29, 0.717) is 29.8 Å². The molecule has 0 fully saturated rings. The van der Waals surface area contributed by atoms with Crippen molar-refractivity contribution < 1.29 is 13.9 Å². The van der Waals surface area contributed by atoms with Crippen LogP contribution in [-0.2, 0) is 13.0 Å². The maximum Gasteiger partial charge on any atom is 0.161 e. The molecule has 0 spiro atoms. The molecule has 0 saturated heterocycles. The number of nitrogens with zero attached hydrogens (tertiary/aromatic N) is 2. The molecule has 0 aliphatic heterocycles. The van der Waals surface area contributed by atoms with Gasteiger partial charge in [-0.3, -0.25) is 0 Å². The molecule has 0 saturated carbocycles. The Balaban J connectivity index is 2.10. The number of hydrogen-bond acceptors (Lipinski definition) is 2. The molecular formula is C16H14F2N2O. The van der Waals surface area contributed by atoms with Crippen LogP contribution in [0, 0.1) is 11.6 Å². The van der Waals surface area contributed by atoms with Crippen molar-refractivity contribution >= 4 is 11.0 Å². The Morgan fingerprint density at radius 2 is 1.76 bits per heavy atom. The van der Waals surface area contributed by atoms with Crippen LogP contribution in [0.1, 0.15) is 11.4 Å². The lowest BCUT2D eigenvalue weighted by molar-refractivity contribution is 0.276. The fourth-order valence-corrected chi connectivity index (χ4v) is 2.43. The van der Waals surface area contributed by atoms with Crippen molar-refractivity contribution in [1.29, 1.82) is 0 Å². The average Bonchev–Trinajstić information content (AvgIpc) is 2.79. The van der Waals surface area contributed by atoms with Crippen molar-refractivity contribution in [1.82, 2.24) is 9.55 Å². The van der Waals surface area contributed by atoms with Gasteiger partial charge in [-0.15, -0.1) is 0 Å². The molecule has 0 bridgehead atoms. The van der Waals surface area contributed by atoms with E-state index < -0.39 is 11.6 Å². The van der Waals surface area contributed by atoms with Gasteiger partial charge in [0.25, 0.3) is 0 Å². The molecule has 3 rings (SSSR count). The van der Waals surface area contributed by atoms with Gasteiger partial charge >= 0.3 is 0 Å². The number of imidazole rings is 1. The highest BCUT2D eigenvalue weighted by Crippen LogP contribution is 2.21. The van der Waals surface area contributed by atoms with E-state index in [1.54, 1.807) is 4.57 Å². The molecule has 1 heterocycles. The molecule has 0 atom stereocenters. The van der Waals surface area contributed by atoms with Gasteiger partial charge in [-0.1, -0.05) is 30.3 Å². The summed E-state index contributed by atoms with van der Waals surface area (Å²) in [5.74, 6) is -1.15. The Morgan fingerprint density at radius 3 is 2.48 bits per heavy atom. The average molecular weight is 288 g/mol. The molecular weight excluding hydrogens is 274 g/mol. The van der Waals surface area contributed by atoms with Crippen LogP contribution in [0.15, 0.2) is 42.5 Å². The highest BCUT2D eigenvalue weighted by atomic mass is 19.2. The molecule has 0 aliphatic rings. The highest BCUT2D eigenvalue weighted by molar-refractivity contribution is 5.76. The Labute approximate surface area is 120 Å². The zero-order chi connectivity index (χ0) is 14.8. The van der Waals surface area contributed by atoms with Gasteiger partial charge in [0, 0.05) is 25.1 Å². The van der Waals surface area contributed by atoms with Crippen molar-refractivity contribution in [2.75, 3.05) is 6.61 Å². The number of halogens is 2. The zero-order valence-corrected chi connectivity index (χ0v) is 11.3. The minimum Gasteiger partial charge on any atom is -0.395 e. The summed E-state index contributed by atoms with van der Waals surface area (Å²) >= 11 is 0. The predicted octanol–water partition coefficient (Wildman–Crippen LogP) is 2.90. The third kappa shape index (κ3) is 2.64. The second-order valence-electron chi connectivity index (χ2n) is 4.82. The van der Waals surface area contributed by atoms with Gasteiger partial charge in [0.2, 0.25) is 0 Å². The molecule has 0 radical (unpaired) electrons. The first kappa shape index (κ1) is 13.7. The van der Waals surface area contributed by atoms with Crippen LogP contribution in [0.25, 0.3) is 11.0 Å². The predicted molar refractivity (Wildman–Crippen MR) is 76.0 cm³/mol. The van der Waals surface area contributed by atoms with Crippen molar-refractivity contribution in [2.45, 2.75) is 13.0 Å². The summed E-state index contributed by atoms with van der Waals surface area (Å²) in [5.41, 5.74) is 1.94. The van der Waals surface area contributed by atoms with E-state index in [-0.39, 0.29) is 6.61 Å². The number of aliphatic hydroxyl groups excluding tert-OH is 1. The Kier molecular flexibility index (Phi) is 3.66. The van der Waals surface area contributed by atoms with Gasteiger partial charge in [0.1, 0.15) is 5.82 Å². The van der Waals surface area contributed by atoms with E-state index in [9.17, 15) is 13.9 Å². The standard InChI is InChI=1S/C16H14F2N2O/c17-12-9-14-15(10-13(12)18)20(6-7-21)16(19-14)8-11-4-2-1-3-5-11/h1-5,9-10,21H,6-8H2. The maximum atomic E-state index is 13.4. The lowest BCUT2D eigenvalue weighted by Gasteiger charge is -2.07. The van der Waals surface area contributed by atoms with E-state index in [1.807, 2.05) is 30.3 Å². The Bertz CT molecular complexity index is 769. The summed E-state index contributed by atoms with van der Waals surface area (Å²) in [6.07, 6.45) is 0.540. The Morgan fingerprint density at radius 1 is 1.05 bits per heavy atom. The summed E-state index contributed by atoms with van der Waals surface area (Å²) in [4.78, 5) is 4.37. The number of aromatic nitrogens is 2. The van der Waals surface area contributed by atoms with Crippen molar-refractivity contribution in [3.63, 3.8) is 0 Å². The van der Waals surface area contributed by atoms with Gasteiger partial charge in [0.15, 0.2) is 11.6 Å². The van der Waals surface area contributed by atoms with Gasteiger partial charge in [-0.2, -0.15) is 0 Å². The van der Waals surface area contributed by atoms with E-state index in [2.05, 4.69) is 4.98 Å². The quantitative estimate of drug-likeness (QED) is 0.801. The number of aliphatic hydroxyl groups is 1. The van der Waals surface area contributed by atoms with E-state index in [1.165, 1.54) is 0 Å². The van der Waals surface area contributed by atoms with Crippen molar-refractivity contribution in [3.8, 4) is 0 Å². The number of hydrogen-bond donors (Lipinski definition) is 1. The smallest absolute Gasteiger partial charge is 0.161 e. The van der Waals surface area contributed by atoms with E-state index in [4.69, 9.17) is 0 Å². The topological polar surface area (TPSA) is 38.0 Å². The summed E-state index contributed by atoms with van der Waals surface area (Å²) in [6, 6.07) is 11.9. The zero-order valence-electron chi connectivity index (χ0n) is 11.3. The second kappa shape index (κ2) is 5.61. The van der Waals surface area contributed by atoms with E-state index in [0.717, 1.165) is 17.7 Å². The third-order valence-corrected chi connectivity index (χ3v) is 3.40. The first-order chi connectivity index (χ1) is 10.2. The molecule has 21 heavy (non-hydrogen) atoms. The largest absolute Gasteiger partial charge is 0.395 e. The maximum absolute atomic E-state index is 13.4. The molecule has 0 aliphatic carbocycles. The molecule has 1 N–H and O–H groups in total. The number of rotatable bonds is 4. The third-order valence-electron chi connectivity index (χ3n) is 3.40. The summed E-state index contributed by atoms with van der Waals surface area (Å²) in [5, 5.41) is 9.20. The van der Waals surface area contributed by atoms with Crippen LogP contribution in [0.5, 0.6) is 0 Å². The first-order valence-electron chi connectivity index (χ1n) is 6.68. The van der Waals surface area contributed by atoms with Crippen LogP contribution in [0.4, 0.5) is 8.78 Å². The first-order valence-corrected chi connectivity index (χ1v) is 6.68. The van der Waals surface area contributed by atoms with Gasteiger partial charge in [0.05, 0.1) is 17.6 Å². The normalized spacial score (nSPS) is 11.2. The number of fused-ring (bicyclic) bond motifs is 1. The lowest BCUT2D eigenvalue weighted by atomic mass is 10.1. The van der Waals surface area contributed by atoms with Crippen molar-refractivity contribution in [3.05, 3.63) is 65.5 Å². The van der Waals surface area contributed by atoms with Crippen LogP contribution in [0.3, 0.4) is 0 Å². The highest BCUT2D eigenvalue weighted by Gasteiger charge is 2.14.